The second kappa shape index (κ2) is 5.31. The quantitative estimate of drug-likeness (QED) is 0.872. The van der Waals surface area contributed by atoms with Crippen molar-refractivity contribution in [2.45, 2.75) is 6.92 Å². The summed E-state index contributed by atoms with van der Waals surface area (Å²) in [4.78, 5) is 18.4. The minimum Gasteiger partial charge on any atom is -0.494 e. The Morgan fingerprint density at radius 1 is 1.35 bits per heavy atom. The van der Waals surface area contributed by atoms with Gasteiger partial charge in [-0.15, -0.1) is 0 Å². The van der Waals surface area contributed by atoms with Gasteiger partial charge in [-0.25, -0.2) is 4.98 Å². The number of ether oxygens (including phenoxy) is 1. The van der Waals surface area contributed by atoms with Crippen molar-refractivity contribution in [2.75, 3.05) is 6.61 Å². The summed E-state index contributed by atoms with van der Waals surface area (Å²) in [5.74, 6) is 1.38. The van der Waals surface area contributed by atoms with E-state index in [2.05, 4.69) is 9.97 Å². The van der Waals surface area contributed by atoms with Crippen molar-refractivity contribution in [3.8, 4) is 17.1 Å². The summed E-state index contributed by atoms with van der Waals surface area (Å²) in [5, 5.41) is 0. The van der Waals surface area contributed by atoms with Crippen molar-refractivity contribution >= 4 is 22.6 Å². The van der Waals surface area contributed by atoms with E-state index in [1.54, 1.807) is 6.20 Å². The Balaban J connectivity index is 2.33. The molecule has 1 heterocycles. The molecule has 5 heteroatoms. The largest absolute Gasteiger partial charge is 0.494 e. The van der Waals surface area contributed by atoms with Crippen molar-refractivity contribution in [3.63, 3.8) is 0 Å². The number of H-pyrrole nitrogens is 1. The predicted molar refractivity (Wildman–Crippen MR) is 74.2 cm³/mol. The molecule has 0 saturated carbocycles. The maximum atomic E-state index is 11.5. The topological polar surface area (TPSA) is 55.0 Å². The van der Waals surface area contributed by atoms with Gasteiger partial charge >= 0.3 is 0 Å². The molecule has 0 radical (unpaired) electrons. The average Bonchev–Trinajstić information content (AvgIpc) is 2.34. The summed E-state index contributed by atoms with van der Waals surface area (Å²) in [6.45, 7) is 2.57. The summed E-state index contributed by atoms with van der Waals surface area (Å²) in [5.41, 5.74) is 0.742. The standard InChI is InChI=1S/C12H11IN2O2/c1-2-17-9-5-3-8(4-6-9)11-14-7-10(13)12(16)15-11/h3-7H,2H2,1H3,(H,14,15,16). The fourth-order valence-electron chi connectivity index (χ4n) is 1.40. The second-order valence-corrected chi connectivity index (χ2v) is 4.53. The molecule has 17 heavy (non-hydrogen) atoms. The van der Waals surface area contributed by atoms with E-state index in [1.807, 2.05) is 53.8 Å². The van der Waals surface area contributed by atoms with Crippen molar-refractivity contribution in [1.29, 1.82) is 0 Å². The summed E-state index contributed by atoms with van der Waals surface area (Å²) in [6, 6.07) is 7.46. The Morgan fingerprint density at radius 3 is 2.65 bits per heavy atom. The normalized spacial score (nSPS) is 10.2. The number of halogens is 1. The molecule has 1 aromatic heterocycles. The van der Waals surface area contributed by atoms with E-state index >= 15 is 0 Å². The number of aromatic amines is 1. The van der Waals surface area contributed by atoms with Gasteiger partial charge in [0.15, 0.2) is 0 Å². The van der Waals surface area contributed by atoms with Crippen LogP contribution in [0.4, 0.5) is 0 Å². The van der Waals surface area contributed by atoms with Gasteiger partial charge in [0.1, 0.15) is 11.6 Å². The number of nitrogens with zero attached hydrogens (tertiary/aromatic N) is 1. The van der Waals surface area contributed by atoms with E-state index in [0.717, 1.165) is 11.3 Å². The minimum atomic E-state index is -0.121. The minimum absolute atomic E-state index is 0.121. The van der Waals surface area contributed by atoms with Gasteiger partial charge in [0.2, 0.25) is 0 Å². The van der Waals surface area contributed by atoms with Crippen LogP contribution < -0.4 is 10.3 Å². The summed E-state index contributed by atoms with van der Waals surface area (Å²) >= 11 is 1.95. The fourth-order valence-corrected chi connectivity index (χ4v) is 1.68. The Bertz CT molecular complexity index is 563. The Labute approximate surface area is 112 Å². The molecule has 2 rings (SSSR count). The van der Waals surface area contributed by atoms with E-state index in [4.69, 9.17) is 4.74 Å². The highest BCUT2D eigenvalue weighted by atomic mass is 127. The molecular weight excluding hydrogens is 331 g/mol. The van der Waals surface area contributed by atoms with Crippen LogP contribution in [0.25, 0.3) is 11.4 Å². The van der Waals surface area contributed by atoms with Gasteiger partial charge in [0.25, 0.3) is 5.56 Å². The molecule has 2 aromatic rings. The zero-order valence-electron chi connectivity index (χ0n) is 9.24. The number of hydrogen-bond acceptors (Lipinski definition) is 3. The average molecular weight is 342 g/mol. The number of hydrogen-bond donors (Lipinski definition) is 1. The van der Waals surface area contributed by atoms with Crippen molar-refractivity contribution in [1.82, 2.24) is 9.97 Å². The van der Waals surface area contributed by atoms with E-state index in [1.165, 1.54) is 0 Å². The summed E-state index contributed by atoms with van der Waals surface area (Å²) in [6.07, 6.45) is 1.56. The molecule has 0 aliphatic carbocycles. The number of benzene rings is 1. The molecule has 0 fully saturated rings. The molecule has 0 aliphatic heterocycles. The summed E-state index contributed by atoms with van der Waals surface area (Å²) in [7, 11) is 0. The molecule has 0 aliphatic rings. The molecule has 0 spiro atoms. The Kier molecular flexibility index (Phi) is 3.78. The van der Waals surface area contributed by atoms with Crippen LogP contribution in [0, 0.1) is 3.57 Å². The molecule has 0 saturated heterocycles. The highest BCUT2D eigenvalue weighted by molar-refractivity contribution is 14.1. The molecule has 1 N–H and O–H groups in total. The lowest BCUT2D eigenvalue weighted by molar-refractivity contribution is 0.340. The van der Waals surface area contributed by atoms with E-state index in [9.17, 15) is 4.79 Å². The lowest BCUT2D eigenvalue weighted by Gasteiger charge is -2.04. The van der Waals surface area contributed by atoms with Crippen LogP contribution in [-0.2, 0) is 0 Å². The molecule has 4 nitrogen and oxygen atoms in total. The van der Waals surface area contributed by atoms with Gasteiger partial charge in [-0.3, -0.25) is 4.79 Å². The third-order valence-corrected chi connectivity index (χ3v) is 2.96. The maximum Gasteiger partial charge on any atom is 0.264 e. The van der Waals surface area contributed by atoms with Gasteiger partial charge in [-0.2, -0.15) is 0 Å². The molecule has 0 bridgehead atoms. The van der Waals surface area contributed by atoms with Gasteiger partial charge in [0.05, 0.1) is 10.2 Å². The smallest absolute Gasteiger partial charge is 0.264 e. The van der Waals surface area contributed by atoms with Crippen molar-refractivity contribution in [3.05, 3.63) is 44.4 Å². The zero-order valence-corrected chi connectivity index (χ0v) is 11.4. The third kappa shape index (κ3) is 2.85. The van der Waals surface area contributed by atoms with Gasteiger partial charge in [-0.1, -0.05) is 0 Å². The lowest BCUT2D eigenvalue weighted by Crippen LogP contribution is -2.11. The molecule has 1 aromatic carbocycles. The van der Waals surface area contributed by atoms with E-state index in [-0.39, 0.29) is 5.56 Å². The van der Waals surface area contributed by atoms with Crippen LogP contribution >= 0.6 is 22.6 Å². The van der Waals surface area contributed by atoms with E-state index < -0.39 is 0 Å². The molecule has 0 amide bonds. The molecular formula is C12H11IN2O2. The van der Waals surface area contributed by atoms with Crippen LogP contribution in [-0.4, -0.2) is 16.6 Å². The lowest BCUT2D eigenvalue weighted by atomic mass is 10.2. The number of aromatic nitrogens is 2. The number of nitrogens with one attached hydrogen (secondary N) is 1. The van der Waals surface area contributed by atoms with Crippen LogP contribution in [0.5, 0.6) is 5.75 Å². The molecule has 88 valence electrons. The SMILES string of the molecule is CCOc1ccc(-c2ncc(I)c(=O)[nH]2)cc1. The van der Waals surface area contributed by atoms with Crippen molar-refractivity contribution in [2.24, 2.45) is 0 Å². The first-order valence-corrected chi connectivity index (χ1v) is 6.26. The Morgan fingerprint density at radius 2 is 2.06 bits per heavy atom. The van der Waals surface area contributed by atoms with Crippen LogP contribution in [0.2, 0.25) is 0 Å². The first kappa shape index (κ1) is 12.1. The van der Waals surface area contributed by atoms with Gasteiger partial charge in [0, 0.05) is 11.8 Å². The maximum absolute atomic E-state index is 11.5. The van der Waals surface area contributed by atoms with E-state index in [0.29, 0.717) is 16.0 Å². The second-order valence-electron chi connectivity index (χ2n) is 3.37. The number of rotatable bonds is 3. The first-order chi connectivity index (χ1) is 8.20. The molecule has 0 atom stereocenters. The first-order valence-electron chi connectivity index (χ1n) is 5.18. The van der Waals surface area contributed by atoms with Crippen LogP contribution in [0.15, 0.2) is 35.3 Å². The van der Waals surface area contributed by atoms with Crippen LogP contribution in [0.1, 0.15) is 6.92 Å². The fraction of sp³-hybridized carbons (Fsp3) is 0.167. The highest BCUT2D eigenvalue weighted by Crippen LogP contribution is 2.18. The highest BCUT2D eigenvalue weighted by Gasteiger charge is 2.02. The van der Waals surface area contributed by atoms with Gasteiger partial charge < -0.3 is 9.72 Å². The summed E-state index contributed by atoms with van der Waals surface area (Å²) < 4.78 is 5.93. The van der Waals surface area contributed by atoms with Gasteiger partial charge in [-0.05, 0) is 53.8 Å². The predicted octanol–water partition coefficient (Wildman–Crippen LogP) is 2.44. The zero-order chi connectivity index (χ0) is 12.3. The third-order valence-electron chi connectivity index (χ3n) is 2.19. The Hall–Kier alpha value is -1.37. The monoisotopic (exact) mass is 342 g/mol. The molecule has 0 unspecified atom stereocenters. The van der Waals surface area contributed by atoms with Crippen LogP contribution in [0.3, 0.4) is 0 Å². The van der Waals surface area contributed by atoms with Crippen molar-refractivity contribution < 1.29 is 4.74 Å².